The molecule has 3 aromatic rings. The lowest BCUT2D eigenvalue weighted by molar-refractivity contribution is 0.102. The Kier molecular flexibility index (Phi) is 4.13. The highest BCUT2D eigenvalue weighted by molar-refractivity contribution is 14.1. The van der Waals surface area contributed by atoms with E-state index in [4.69, 9.17) is 0 Å². The van der Waals surface area contributed by atoms with Crippen molar-refractivity contribution in [3.8, 4) is 10.6 Å². The first kappa shape index (κ1) is 13.7. The van der Waals surface area contributed by atoms with E-state index in [0.717, 1.165) is 19.1 Å². The summed E-state index contributed by atoms with van der Waals surface area (Å²) < 4.78 is 1.10. The van der Waals surface area contributed by atoms with Gasteiger partial charge in [-0.3, -0.25) is 4.79 Å². The summed E-state index contributed by atoms with van der Waals surface area (Å²) in [4.78, 5) is 16.3. The largest absolute Gasteiger partial charge is 0.322 e. The molecule has 100 valence electrons. The van der Waals surface area contributed by atoms with E-state index in [1.165, 1.54) is 0 Å². The highest BCUT2D eigenvalue weighted by Gasteiger charge is 2.08. The molecule has 1 amide bonds. The zero-order valence-electron chi connectivity index (χ0n) is 10.2. The number of aromatic nitrogens is 1. The van der Waals surface area contributed by atoms with Gasteiger partial charge >= 0.3 is 0 Å². The van der Waals surface area contributed by atoms with Crippen LogP contribution < -0.4 is 5.32 Å². The second-order valence-electron chi connectivity index (χ2n) is 4.01. The van der Waals surface area contributed by atoms with Gasteiger partial charge < -0.3 is 5.32 Å². The van der Waals surface area contributed by atoms with Crippen molar-refractivity contribution in [3.05, 3.63) is 55.7 Å². The van der Waals surface area contributed by atoms with E-state index in [2.05, 4.69) is 32.9 Å². The van der Waals surface area contributed by atoms with E-state index in [9.17, 15) is 4.79 Å². The Hall–Kier alpha value is -1.25. The van der Waals surface area contributed by atoms with Crippen molar-refractivity contribution in [3.63, 3.8) is 0 Å². The summed E-state index contributed by atoms with van der Waals surface area (Å²) in [6.45, 7) is 0. The van der Waals surface area contributed by atoms with Crippen molar-refractivity contribution in [2.45, 2.75) is 0 Å². The number of carbonyl (C=O) groups excluding carboxylic acids is 1. The molecule has 6 heteroatoms. The van der Waals surface area contributed by atoms with Crippen molar-refractivity contribution in [2.75, 3.05) is 5.32 Å². The molecule has 0 fully saturated rings. The average molecular weight is 412 g/mol. The summed E-state index contributed by atoms with van der Waals surface area (Å²) in [6.07, 6.45) is 1.79. The third kappa shape index (κ3) is 3.08. The molecule has 2 heterocycles. The molecule has 0 aliphatic heterocycles. The zero-order chi connectivity index (χ0) is 13.9. The molecule has 3 rings (SSSR count). The van der Waals surface area contributed by atoms with Crippen LogP contribution in [0.25, 0.3) is 10.6 Å². The fourth-order valence-corrected chi connectivity index (χ4v) is 3.67. The number of thiazole rings is 1. The number of hydrogen-bond donors (Lipinski definition) is 1. The van der Waals surface area contributed by atoms with Crippen molar-refractivity contribution >= 4 is 56.9 Å². The first-order valence-corrected chi connectivity index (χ1v) is 8.61. The zero-order valence-corrected chi connectivity index (χ0v) is 14.0. The molecule has 0 bridgehead atoms. The van der Waals surface area contributed by atoms with Crippen LogP contribution in [0, 0.1) is 2.88 Å². The van der Waals surface area contributed by atoms with Gasteiger partial charge in [0, 0.05) is 28.2 Å². The molecule has 0 atom stereocenters. The Labute approximate surface area is 137 Å². The Morgan fingerprint density at radius 2 is 2.00 bits per heavy atom. The monoisotopic (exact) mass is 412 g/mol. The first-order chi connectivity index (χ1) is 9.72. The first-order valence-electron chi connectivity index (χ1n) is 5.78. The summed E-state index contributed by atoms with van der Waals surface area (Å²) >= 11 is 5.37. The molecule has 1 aromatic carbocycles. The third-order valence-corrected chi connectivity index (χ3v) is 5.26. The molecular formula is C14H9IN2OS2. The maximum absolute atomic E-state index is 12.0. The smallest absolute Gasteiger partial charge is 0.256 e. The second kappa shape index (κ2) is 6.02. The van der Waals surface area contributed by atoms with Crippen LogP contribution in [0.5, 0.6) is 0 Å². The average Bonchev–Trinajstić information content (AvgIpc) is 3.10. The van der Waals surface area contributed by atoms with Gasteiger partial charge in [0.15, 0.2) is 0 Å². The van der Waals surface area contributed by atoms with Crippen molar-refractivity contribution in [2.24, 2.45) is 0 Å². The molecule has 0 saturated heterocycles. The van der Waals surface area contributed by atoms with Gasteiger partial charge in [-0.05, 0) is 52.9 Å². The van der Waals surface area contributed by atoms with Crippen LogP contribution in [0.2, 0.25) is 0 Å². The highest BCUT2D eigenvalue weighted by Crippen LogP contribution is 2.24. The van der Waals surface area contributed by atoms with Crippen molar-refractivity contribution in [1.82, 2.24) is 4.98 Å². The highest BCUT2D eigenvalue weighted by atomic mass is 127. The number of nitrogens with one attached hydrogen (secondary N) is 1. The molecule has 0 spiro atoms. The number of benzene rings is 1. The van der Waals surface area contributed by atoms with Gasteiger partial charge in [0.05, 0.1) is 8.45 Å². The van der Waals surface area contributed by atoms with Gasteiger partial charge in [0.1, 0.15) is 5.01 Å². The van der Waals surface area contributed by atoms with Crippen LogP contribution in [-0.2, 0) is 0 Å². The number of rotatable bonds is 3. The predicted molar refractivity (Wildman–Crippen MR) is 92.5 cm³/mol. The Bertz CT molecular complexity index is 720. The number of halogens is 1. The number of anilines is 1. The van der Waals surface area contributed by atoms with Crippen LogP contribution in [0.1, 0.15) is 10.4 Å². The maximum Gasteiger partial charge on any atom is 0.256 e. The molecule has 0 aliphatic rings. The second-order valence-corrected chi connectivity index (χ2v) is 7.71. The lowest BCUT2D eigenvalue weighted by Crippen LogP contribution is -2.10. The van der Waals surface area contributed by atoms with Crippen LogP contribution in [0.15, 0.2) is 47.3 Å². The SMILES string of the molecule is O=C(Nc1ccc(-c2nccs2)cc1)c1csc(I)c1. The molecule has 0 saturated carbocycles. The van der Waals surface area contributed by atoms with Crippen molar-refractivity contribution in [1.29, 1.82) is 0 Å². The van der Waals surface area contributed by atoms with Crippen LogP contribution in [-0.4, -0.2) is 10.9 Å². The van der Waals surface area contributed by atoms with Gasteiger partial charge in [-0.1, -0.05) is 0 Å². The fourth-order valence-electron chi connectivity index (χ4n) is 1.69. The minimum Gasteiger partial charge on any atom is -0.322 e. The lowest BCUT2D eigenvalue weighted by Gasteiger charge is -2.04. The fraction of sp³-hybridized carbons (Fsp3) is 0. The molecule has 0 aliphatic carbocycles. The van der Waals surface area contributed by atoms with E-state index in [1.807, 2.05) is 41.1 Å². The summed E-state index contributed by atoms with van der Waals surface area (Å²) in [6, 6.07) is 9.60. The molecular weight excluding hydrogens is 403 g/mol. The number of hydrogen-bond acceptors (Lipinski definition) is 4. The molecule has 20 heavy (non-hydrogen) atoms. The van der Waals surface area contributed by atoms with Crippen LogP contribution in [0.4, 0.5) is 5.69 Å². The van der Waals surface area contributed by atoms with Crippen molar-refractivity contribution < 1.29 is 4.79 Å². The normalized spacial score (nSPS) is 10.4. The van der Waals surface area contributed by atoms with Gasteiger partial charge in [-0.2, -0.15) is 0 Å². The molecule has 0 radical (unpaired) electrons. The van der Waals surface area contributed by atoms with Gasteiger partial charge in [0.25, 0.3) is 5.91 Å². The minimum absolute atomic E-state index is 0.0776. The lowest BCUT2D eigenvalue weighted by atomic mass is 10.2. The summed E-state index contributed by atoms with van der Waals surface area (Å²) in [7, 11) is 0. The van der Waals surface area contributed by atoms with Gasteiger partial charge in [-0.25, -0.2) is 4.98 Å². The predicted octanol–water partition coefficient (Wildman–Crippen LogP) is 4.73. The van der Waals surface area contributed by atoms with Crippen LogP contribution in [0.3, 0.4) is 0 Å². The van der Waals surface area contributed by atoms with Gasteiger partial charge in [0.2, 0.25) is 0 Å². The number of amides is 1. The number of nitrogens with zero attached hydrogens (tertiary/aromatic N) is 1. The molecule has 2 aromatic heterocycles. The number of carbonyl (C=O) groups is 1. The molecule has 1 N–H and O–H groups in total. The molecule has 3 nitrogen and oxygen atoms in total. The standard InChI is InChI=1S/C14H9IN2OS2/c15-12-7-10(8-20-12)13(18)17-11-3-1-9(2-4-11)14-16-5-6-19-14/h1-8H,(H,17,18). The van der Waals surface area contributed by atoms with E-state index in [1.54, 1.807) is 28.9 Å². The summed E-state index contributed by atoms with van der Waals surface area (Å²) in [5.41, 5.74) is 2.54. The summed E-state index contributed by atoms with van der Waals surface area (Å²) in [5, 5.41) is 7.68. The van der Waals surface area contributed by atoms with E-state index in [0.29, 0.717) is 5.56 Å². The Balaban J connectivity index is 1.74. The number of thiophene rings is 1. The Morgan fingerprint density at radius 1 is 1.20 bits per heavy atom. The van der Waals surface area contributed by atoms with E-state index in [-0.39, 0.29) is 5.91 Å². The third-order valence-electron chi connectivity index (χ3n) is 2.65. The Morgan fingerprint density at radius 3 is 2.60 bits per heavy atom. The minimum atomic E-state index is -0.0776. The van der Waals surface area contributed by atoms with E-state index >= 15 is 0 Å². The van der Waals surface area contributed by atoms with Crippen LogP contribution >= 0.6 is 45.3 Å². The molecule has 0 unspecified atom stereocenters. The topological polar surface area (TPSA) is 42.0 Å². The van der Waals surface area contributed by atoms with E-state index < -0.39 is 0 Å². The maximum atomic E-state index is 12.0. The van der Waals surface area contributed by atoms with Gasteiger partial charge in [-0.15, -0.1) is 22.7 Å². The quantitative estimate of drug-likeness (QED) is 0.633. The summed E-state index contributed by atoms with van der Waals surface area (Å²) in [5.74, 6) is -0.0776.